The van der Waals surface area contributed by atoms with Crippen molar-refractivity contribution in [1.82, 2.24) is 19.6 Å². The summed E-state index contributed by atoms with van der Waals surface area (Å²) < 4.78 is 6.26. The SMILES string of the molecule is CCCN(CCC)C(=O)Cn1cnc2onc(C)c2c1=O. The Hall–Kier alpha value is -2.18. The molecule has 0 bridgehead atoms. The Bertz CT molecular complexity index is 683. The summed E-state index contributed by atoms with van der Waals surface area (Å²) in [5.74, 6) is -0.0731. The van der Waals surface area contributed by atoms with Crippen LogP contribution in [0.2, 0.25) is 0 Å². The summed E-state index contributed by atoms with van der Waals surface area (Å²) in [6.45, 7) is 7.12. The molecule has 2 aromatic heterocycles. The lowest BCUT2D eigenvalue weighted by Crippen LogP contribution is -2.37. The molecular formula is C14H20N4O3. The first-order valence-electron chi connectivity index (χ1n) is 7.17. The average Bonchev–Trinajstić information content (AvgIpc) is 2.84. The molecule has 7 heteroatoms. The quantitative estimate of drug-likeness (QED) is 0.802. The van der Waals surface area contributed by atoms with Crippen LogP contribution in [-0.2, 0) is 11.3 Å². The number of fused-ring (bicyclic) bond motifs is 1. The van der Waals surface area contributed by atoms with Gasteiger partial charge in [0.2, 0.25) is 5.91 Å². The van der Waals surface area contributed by atoms with Crippen molar-refractivity contribution in [1.29, 1.82) is 0 Å². The Morgan fingerprint density at radius 2 is 2.00 bits per heavy atom. The van der Waals surface area contributed by atoms with Crippen LogP contribution in [0.15, 0.2) is 15.6 Å². The summed E-state index contributed by atoms with van der Waals surface area (Å²) in [5.41, 5.74) is 0.406. The molecule has 7 nitrogen and oxygen atoms in total. The van der Waals surface area contributed by atoms with E-state index in [-0.39, 0.29) is 23.7 Å². The van der Waals surface area contributed by atoms with Gasteiger partial charge in [-0.05, 0) is 19.8 Å². The van der Waals surface area contributed by atoms with Gasteiger partial charge in [0.1, 0.15) is 18.3 Å². The summed E-state index contributed by atoms with van der Waals surface area (Å²) in [6, 6.07) is 0. The highest BCUT2D eigenvalue weighted by Gasteiger charge is 2.16. The minimum Gasteiger partial charge on any atom is -0.341 e. The summed E-state index contributed by atoms with van der Waals surface area (Å²) >= 11 is 0. The van der Waals surface area contributed by atoms with Gasteiger partial charge in [-0.1, -0.05) is 19.0 Å². The summed E-state index contributed by atoms with van der Waals surface area (Å²) in [4.78, 5) is 30.4. The molecule has 0 N–H and O–H groups in total. The molecule has 0 radical (unpaired) electrons. The third kappa shape index (κ3) is 3.12. The topological polar surface area (TPSA) is 81.2 Å². The normalized spacial score (nSPS) is 11.0. The lowest BCUT2D eigenvalue weighted by atomic mass is 10.3. The van der Waals surface area contributed by atoms with E-state index in [9.17, 15) is 9.59 Å². The highest BCUT2D eigenvalue weighted by molar-refractivity contribution is 5.77. The molecule has 0 fully saturated rings. The third-order valence-corrected chi connectivity index (χ3v) is 3.28. The predicted molar refractivity (Wildman–Crippen MR) is 78.0 cm³/mol. The van der Waals surface area contributed by atoms with E-state index in [2.05, 4.69) is 10.1 Å². The zero-order valence-corrected chi connectivity index (χ0v) is 12.6. The maximum Gasteiger partial charge on any atom is 0.267 e. The van der Waals surface area contributed by atoms with Gasteiger partial charge in [0, 0.05) is 13.1 Å². The van der Waals surface area contributed by atoms with Crippen molar-refractivity contribution in [3.63, 3.8) is 0 Å². The first kappa shape index (κ1) is 15.2. The highest BCUT2D eigenvalue weighted by atomic mass is 16.5. The Balaban J connectivity index is 2.26. The number of aromatic nitrogens is 3. The van der Waals surface area contributed by atoms with Gasteiger partial charge in [-0.25, -0.2) is 4.98 Å². The van der Waals surface area contributed by atoms with E-state index in [0.29, 0.717) is 24.2 Å². The van der Waals surface area contributed by atoms with Gasteiger partial charge in [0.05, 0.1) is 5.69 Å². The van der Waals surface area contributed by atoms with Crippen molar-refractivity contribution in [2.45, 2.75) is 40.2 Å². The molecule has 2 heterocycles. The Morgan fingerprint density at radius 3 is 2.62 bits per heavy atom. The molecular weight excluding hydrogens is 272 g/mol. The number of carbonyl (C=O) groups excluding carboxylic acids is 1. The van der Waals surface area contributed by atoms with Crippen LogP contribution in [0.4, 0.5) is 0 Å². The monoisotopic (exact) mass is 292 g/mol. The largest absolute Gasteiger partial charge is 0.341 e. The Kier molecular flexibility index (Phi) is 4.72. The molecule has 1 amide bonds. The van der Waals surface area contributed by atoms with Gasteiger partial charge in [-0.15, -0.1) is 0 Å². The van der Waals surface area contributed by atoms with Gasteiger partial charge in [0.15, 0.2) is 0 Å². The van der Waals surface area contributed by atoms with Crippen LogP contribution < -0.4 is 5.56 Å². The van der Waals surface area contributed by atoms with Crippen LogP contribution in [-0.4, -0.2) is 38.6 Å². The zero-order chi connectivity index (χ0) is 15.4. The van der Waals surface area contributed by atoms with Crippen LogP contribution in [0.25, 0.3) is 11.1 Å². The molecule has 0 unspecified atom stereocenters. The average molecular weight is 292 g/mol. The van der Waals surface area contributed by atoms with Crippen molar-refractivity contribution in [3.8, 4) is 0 Å². The number of amides is 1. The number of hydrogen-bond acceptors (Lipinski definition) is 5. The van der Waals surface area contributed by atoms with E-state index in [1.165, 1.54) is 10.9 Å². The molecule has 21 heavy (non-hydrogen) atoms. The summed E-state index contributed by atoms with van der Waals surface area (Å²) in [6.07, 6.45) is 3.12. The fourth-order valence-electron chi connectivity index (χ4n) is 2.27. The lowest BCUT2D eigenvalue weighted by molar-refractivity contribution is -0.132. The molecule has 0 aliphatic rings. The molecule has 0 aromatic carbocycles. The number of rotatable bonds is 6. The van der Waals surface area contributed by atoms with Gasteiger partial charge in [-0.3, -0.25) is 14.2 Å². The van der Waals surface area contributed by atoms with Gasteiger partial charge < -0.3 is 9.42 Å². The van der Waals surface area contributed by atoms with Crippen LogP contribution in [0.5, 0.6) is 0 Å². The van der Waals surface area contributed by atoms with Crippen molar-refractivity contribution >= 4 is 17.0 Å². The summed E-state index contributed by atoms with van der Waals surface area (Å²) in [5, 5.41) is 4.06. The van der Waals surface area contributed by atoms with E-state index in [1.54, 1.807) is 11.8 Å². The second kappa shape index (κ2) is 6.51. The first-order valence-corrected chi connectivity index (χ1v) is 7.17. The zero-order valence-electron chi connectivity index (χ0n) is 12.6. The van der Waals surface area contributed by atoms with Gasteiger partial charge in [0.25, 0.3) is 11.3 Å². The molecule has 0 spiro atoms. The Labute approximate surface area is 122 Å². The maximum atomic E-state index is 12.3. The van der Waals surface area contributed by atoms with Gasteiger partial charge in [-0.2, -0.15) is 0 Å². The van der Waals surface area contributed by atoms with Crippen LogP contribution in [0.1, 0.15) is 32.4 Å². The maximum absolute atomic E-state index is 12.3. The molecule has 0 saturated carbocycles. The predicted octanol–water partition coefficient (Wildman–Crippen LogP) is 1.34. The van der Waals surface area contributed by atoms with Crippen molar-refractivity contribution < 1.29 is 9.32 Å². The van der Waals surface area contributed by atoms with Gasteiger partial charge >= 0.3 is 0 Å². The highest BCUT2D eigenvalue weighted by Crippen LogP contribution is 2.09. The minimum absolute atomic E-state index is 0.00755. The molecule has 2 rings (SSSR count). The first-order chi connectivity index (χ1) is 10.1. The van der Waals surface area contributed by atoms with E-state index < -0.39 is 0 Å². The van der Waals surface area contributed by atoms with E-state index in [1.807, 2.05) is 13.8 Å². The number of aryl methyl sites for hydroxylation is 1. The number of carbonyl (C=O) groups is 1. The van der Waals surface area contributed by atoms with E-state index in [4.69, 9.17) is 4.52 Å². The smallest absolute Gasteiger partial charge is 0.267 e. The minimum atomic E-state index is -0.292. The second-order valence-electron chi connectivity index (χ2n) is 5.01. The molecule has 0 aliphatic heterocycles. The molecule has 0 atom stereocenters. The molecule has 0 saturated heterocycles. The van der Waals surface area contributed by atoms with E-state index >= 15 is 0 Å². The van der Waals surface area contributed by atoms with Crippen molar-refractivity contribution in [2.24, 2.45) is 0 Å². The number of hydrogen-bond donors (Lipinski definition) is 0. The fraction of sp³-hybridized carbons (Fsp3) is 0.571. The van der Waals surface area contributed by atoms with Crippen LogP contribution >= 0.6 is 0 Å². The van der Waals surface area contributed by atoms with Crippen molar-refractivity contribution in [2.75, 3.05) is 13.1 Å². The lowest BCUT2D eigenvalue weighted by Gasteiger charge is -2.21. The second-order valence-corrected chi connectivity index (χ2v) is 5.01. The van der Waals surface area contributed by atoms with Crippen LogP contribution in [0, 0.1) is 6.92 Å². The molecule has 114 valence electrons. The standard InChI is InChI=1S/C14H20N4O3/c1-4-6-17(7-5-2)11(19)8-18-9-15-13-12(14(18)20)10(3)16-21-13/h9H,4-8H2,1-3H3. The molecule has 2 aromatic rings. The summed E-state index contributed by atoms with van der Waals surface area (Å²) in [7, 11) is 0. The van der Waals surface area contributed by atoms with Crippen molar-refractivity contribution in [3.05, 3.63) is 22.4 Å². The Morgan fingerprint density at radius 1 is 1.33 bits per heavy atom. The number of nitrogens with zero attached hydrogens (tertiary/aromatic N) is 4. The molecule has 0 aliphatic carbocycles. The van der Waals surface area contributed by atoms with Crippen LogP contribution in [0.3, 0.4) is 0 Å². The third-order valence-electron chi connectivity index (χ3n) is 3.28. The van der Waals surface area contributed by atoms with E-state index in [0.717, 1.165) is 12.8 Å². The fourth-order valence-corrected chi connectivity index (χ4v) is 2.27.